The number of aromatic nitrogens is 3. The summed E-state index contributed by atoms with van der Waals surface area (Å²) in [4.78, 5) is 8.61. The van der Waals surface area contributed by atoms with Crippen LogP contribution in [-0.4, -0.2) is 14.5 Å². The van der Waals surface area contributed by atoms with Crippen molar-refractivity contribution in [1.82, 2.24) is 14.5 Å². The predicted octanol–water partition coefficient (Wildman–Crippen LogP) is 4.57. The molecule has 0 radical (unpaired) electrons. The Morgan fingerprint density at radius 1 is 1.00 bits per heavy atom. The minimum atomic E-state index is -4.46. The Hall–Kier alpha value is -3.10. The van der Waals surface area contributed by atoms with E-state index in [0.717, 1.165) is 17.7 Å². The molecule has 150 valence electrons. The van der Waals surface area contributed by atoms with Gasteiger partial charge in [-0.15, -0.1) is 12.4 Å². The first-order chi connectivity index (χ1) is 13.4. The molecular formula is C20H17ClF3N5. The van der Waals surface area contributed by atoms with Crippen molar-refractivity contribution in [2.75, 3.05) is 5.73 Å². The van der Waals surface area contributed by atoms with Crippen LogP contribution in [0.4, 0.5) is 19.0 Å². The number of rotatable bonds is 3. The molecule has 0 aliphatic carbocycles. The zero-order valence-corrected chi connectivity index (χ0v) is 15.8. The monoisotopic (exact) mass is 419 g/mol. The summed E-state index contributed by atoms with van der Waals surface area (Å²) in [6.07, 6.45) is -2.91. The molecule has 0 aliphatic heterocycles. The van der Waals surface area contributed by atoms with Crippen molar-refractivity contribution >= 4 is 29.3 Å². The van der Waals surface area contributed by atoms with E-state index in [9.17, 15) is 13.2 Å². The number of nitrogens with two attached hydrogens (primary N) is 2. The summed E-state index contributed by atoms with van der Waals surface area (Å²) in [6, 6.07) is 14.1. The van der Waals surface area contributed by atoms with Crippen LogP contribution < -0.4 is 11.5 Å². The number of nitrogen functional groups attached to an aromatic ring is 1. The molecule has 0 amide bonds. The lowest BCUT2D eigenvalue weighted by atomic mass is 10.1. The van der Waals surface area contributed by atoms with Crippen LogP contribution >= 0.6 is 12.4 Å². The highest BCUT2D eigenvalue weighted by atomic mass is 35.5. The van der Waals surface area contributed by atoms with Crippen LogP contribution in [-0.2, 0) is 12.7 Å². The van der Waals surface area contributed by atoms with E-state index in [0.29, 0.717) is 34.7 Å². The smallest absolute Gasteiger partial charge is 0.383 e. The van der Waals surface area contributed by atoms with Crippen molar-refractivity contribution in [3.8, 4) is 17.1 Å². The van der Waals surface area contributed by atoms with Gasteiger partial charge in [-0.3, -0.25) is 4.57 Å². The largest absolute Gasteiger partial charge is 0.416 e. The van der Waals surface area contributed by atoms with Crippen molar-refractivity contribution in [3.63, 3.8) is 0 Å². The molecule has 4 aromatic rings. The molecule has 0 saturated carbocycles. The van der Waals surface area contributed by atoms with Crippen molar-refractivity contribution in [2.45, 2.75) is 12.7 Å². The summed E-state index contributed by atoms with van der Waals surface area (Å²) >= 11 is 0. The molecule has 0 bridgehead atoms. The average molecular weight is 420 g/mol. The average Bonchev–Trinajstić information content (AvgIpc) is 3.06. The molecule has 0 unspecified atom stereocenters. The molecule has 2 aromatic carbocycles. The van der Waals surface area contributed by atoms with Crippen LogP contribution in [0.25, 0.3) is 28.1 Å². The number of imidazole rings is 1. The predicted molar refractivity (Wildman–Crippen MR) is 109 cm³/mol. The van der Waals surface area contributed by atoms with E-state index in [-0.39, 0.29) is 18.2 Å². The van der Waals surface area contributed by atoms with Gasteiger partial charge in [0.15, 0.2) is 0 Å². The fourth-order valence-corrected chi connectivity index (χ4v) is 3.08. The lowest BCUT2D eigenvalue weighted by molar-refractivity contribution is -0.137. The second-order valence-corrected chi connectivity index (χ2v) is 6.28. The van der Waals surface area contributed by atoms with Crippen LogP contribution in [0.2, 0.25) is 0 Å². The molecule has 4 N–H and O–H groups in total. The maximum Gasteiger partial charge on any atom is 0.416 e. The van der Waals surface area contributed by atoms with Gasteiger partial charge in [0.2, 0.25) is 0 Å². The Labute approximate surface area is 170 Å². The van der Waals surface area contributed by atoms with Gasteiger partial charge in [0.05, 0.1) is 22.2 Å². The van der Waals surface area contributed by atoms with Crippen molar-refractivity contribution in [1.29, 1.82) is 0 Å². The van der Waals surface area contributed by atoms with E-state index >= 15 is 0 Å². The van der Waals surface area contributed by atoms with Gasteiger partial charge in [0, 0.05) is 18.4 Å². The lowest BCUT2D eigenvalue weighted by Gasteiger charge is -2.12. The van der Waals surface area contributed by atoms with E-state index in [2.05, 4.69) is 9.97 Å². The molecule has 2 heterocycles. The van der Waals surface area contributed by atoms with Crippen molar-refractivity contribution in [2.24, 2.45) is 5.73 Å². The third-order valence-electron chi connectivity index (χ3n) is 4.49. The Bertz CT molecular complexity index is 1150. The van der Waals surface area contributed by atoms with E-state index in [4.69, 9.17) is 11.5 Å². The summed E-state index contributed by atoms with van der Waals surface area (Å²) in [5, 5.41) is 0. The number of benzene rings is 2. The molecule has 0 aliphatic rings. The van der Waals surface area contributed by atoms with Gasteiger partial charge in [-0.05, 0) is 48.0 Å². The summed E-state index contributed by atoms with van der Waals surface area (Å²) in [5.74, 6) is 0.661. The van der Waals surface area contributed by atoms with Gasteiger partial charge in [-0.25, -0.2) is 9.97 Å². The standard InChI is InChI=1S/C20H16F3N5.ClH/c21-20(22,23)13-5-8-16-17(10-13)28(14-6-3-12(11-24)4-7-14)19(27-16)15-2-1-9-26-18(15)25;/h1-10H,11,24H2,(H2,25,26);1H. The third-order valence-corrected chi connectivity index (χ3v) is 4.49. The van der Waals surface area contributed by atoms with Crippen molar-refractivity contribution in [3.05, 3.63) is 71.9 Å². The molecule has 0 atom stereocenters. The first-order valence-corrected chi connectivity index (χ1v) is 8.48. The molecule has 5 nitrogen and oxygen atoms in total. The van der Waals surface area contributed by atoms with Gasteiger partial charge >= 0.3 is 6.18 Å². The minimum absolute atomic E-state index is 0. The number of fused-ring (bicyclic) bond motifs is 1. The van der Waals surface area contributed by atoms with Crippen LogP contribution in [0.3, 0.4) is 0 Å². The lowest BCUT2D eigenvalue weighted by Crippen LogP contribution is -2.05. The number of pyridine rings is 1. The first kappa shape index (κ1) is 20.6. The molecule has 29 heavy (non-hydrogen) atoms. The van der Waals surface area contributed by atoms with Crippen LogP contribution in [0.5, 0.6) is 0 Å². The number of halogens is 4. The molecule has 0 saturated heterocycles. The van der Waals surface area contributed by atoms with E-state index < -0.39 is 11.7 Å². The van der Waals surface area contributed by atoms with Crippen LogP contribution in [0, 0.1) is 0 Å². The highest BCUT2D eigenvalue weighted by molar-refractivity contribution is 5.86. The van der Waals surface area contributed by atoms with Gasteiger partial charge in [-0.1, -0.05) is 12.1 Å². The topological polar surface area (TPSA) is 82.8 Å². The molecule has 4 rings (SSSR count). The molecule has 0 fully saturated rings. The van der Waals surface area contributed by atoms with Gasteiger partial charge in [-0.2, -0.15) is 13.2 Å². The maximum absolute atomic E-state index is 13.3. The van der Waals surface area contributed by atoms with Crippen LogP contribution in [0.1, 0.15) is 11.1 Å². The zero-order valence-electron chi connectivity index (χ0n) is 15.0. The minimum Gasteiger partial charge on any atom is -0.383 e. The van der Waals surface area contributed by atoms with E-state index in [1.54, 1.807) is 35.0 Å². The van der Waals surface area contributed by atoms with Gasteiger partial charge in [0.25, 0.3) is 0 Å². The number of hydrogen-bond acceptors (Lipinski definition) is 4. The van der Waals surface area contributed by atoms with E-state index in [1.807, 2.05) is 12.1 Å². The second kappa shape index (κ2) is 7.73. The van der Waals surface area contributed by atoms with Gasteiger partial charge in [0.1, 0.15) is 11.6 Å². The number of nitrogens with zero attached hydrogens (tertiary/aromatic N) is 3. The first-order valence-electron chi connectivity index (χ1n) is 8.48. The summed E-state index contributed by atoms with van der Waals surface area (Å²) in [5.41, 5.74) is 13.8. The highest BCUT2D eigenvalue weighted by Crippen LogP contribution is 2.35. The SMILES string of the molecule is Cl.NCc1ccc(-n2c(-c3cccnc3N)nc3ccc(C(F)(F)F)cc32)cc1. The maximum atomic E-state index is 13.3. The summed E-state index contributed by atoms with van der Waals surface area (Å²) in [7, 11) is 0. The van der Waals surface area contributed by atoms with Crippen LogP contribution in [0.15, 0.2) is 60.8 Å². The fraction of sp³-hybridized carbons (Fsp3) is 0.100. The second-order valence-electron chi connectivity index (χ2n) is 6.28. The molecule has 0 spiro atoms. The Morgan fingerprint density at radius 2 is 1.72 bits per heavy atom. The number of anilines is 1. The Morgan fingerprint density at radius 3 is 2.34 bits per heavy atom. The summed E-state index contributed by atoms with van der Waals surface area (Å²) in [6.45, 7) is 0.367. The summed E-state index contributed by atoms with van der Waals surface area (Å²) < 4.78 is 41.5. The molecule has 9 heteroatoms. The normalized spacial score (nSPS) is 11.4. The van der Waals surface area contributed by atoms with Gasteiger partial charge < -0.3 is 11.5 Å². The molecular weight excluding hydrogens is 403 g/mol. The number of alkyl halides is 3. The highest BCUT2D eigenvalue weighted by Gasteiger charge is 2.31. The quantitative estimate of drug-likeness (QED) is 0.509. The third kappa shape index (κ3) is 3.76. The number of hydrogen-bond donors (Lipinski definition) is 2. The molecule has 2 aromatic heterocycles. The zero-order chi connectivity index (χ0) is 19.9. The van der Waals surface area contributed by atoms with Crippen molar-refractivity contribution < 1.29 is 13.2 Å². The van der Waals surface area contributed by atoms with E-state index in [1.165, 1.54) is 6.07 Å². The fourth-order valence-electron chi connectivity index (χ4n) is 3.08. The Balaban J connectivity index is 0.00000240. The Kier molecular flexibility index (Phi) is 5.50.